The molecule has 1 fully saturated rings. The van der Waals surface area contributed by atoms with Crippen molar-refractivity contribution in [2.75, 3.05) is 0 Å². The molecule has 0 unspecified atom stereocenters. The summed E-state index contributed by atoms with van der Waals surface area (Å²) in [6.07, 6.45) is 6.74. The van der Waals surface area contributed by atoms with E-state index in [1.807, 2.05) is 0 Å². The van der Waals surface area contributed by atoms with Gasteiger partial charge in [0.15, 0.2) is 0 Å². The van der Waals surface area contributed by atoms with Crippen LogP contribution in [0.25, 0.3) is 0 Å². The molecule has 2 aromatic carbocycles. The molecule has 0 amide bonds. The molecule has 0 heterocycles. The number of nitrogens with one attached hydrogen (secondary N) is 1. The summed E-state index contributed by atoms with van der Waals surface area (Å²) in [6.45, 7) is 1.90. The van der Waals surface area contributed by atoms with Gasteiger partial charge in [0, 0.05) is 19.1 Å². The quantitative estimate of drug-likeness (QED) is 0.691. The van der Waals surface area contributed by atoms with Gasteiger partial charge in [-0.05, 0) is 24.0 Å². The minimum absolute atomic E-state index is 0. The van der Waals surface area contributed by atoms with Crippen molar-refractivity contribution < 1.29 is 0 Å². The van der Waals surface area contributed by atoms with E-state index in [9.17, 15) is 0 Å². The molecule has 1 saturated carbocycles. The van der Waals surface area contributed by atoms with Gasteiger partial charge in [0.05, 0.1) is 0 Å². The van der Waals surface area contributed by atoms with Crippen molar-refractivity contribution >= 4 is 24.8 Å². The summed E-state index contributed by atoms with van der Waals surface area (Å²) < 4.78 is 0. The topological polar surface area (TPSA) is 15.3 Å². The predicted molar refractivity (Wildman–Crippen MR) is 107 cm³/mol. The number of halogens is 2. The second-order valence-electron chi connectivity index (χ2n) is 6.29. The Labute approximate surface area is 158 Å². The van der Waals surface area contributed by atoms with Crippen LogP contribution >= 0.6 is 24.8 Å². The van der Waals surface area contributed by atoms with Crippen LogP contribution in [-0.2, 0) is 13.1 Å². The van der Waals surface area contributed by atoms with Crippen LogP contribution in [0.2, 0.25) is 0 Å². The standard InChI is InChI=1S/C20H26N2.2ClH/c1-4-10-18(11-5-1)16-22(17-19-12-6-2-7-13-19)21-20-14-8-3-9-15-20;;/h1-2,4-7,10-13,20-21H,3,8-9,14-17H2;2*1H. The second-order valence-corrected chi connectivity index (χ2v) is 6.29. The molecule has 3 rings (SSSR count). The van der Waals surface area contributed by atoms with E-state index < -0.39 is 0 Å². The maximum Gasteiger partial charge on any atom is 0.0385 e. The number of benzene rings is 2. The fraction of sp³-hybridized carbons (Fsp3) is 0.400. The first-order valence-electron chi connectivity index (χ1n) is 8.49. The van der Waals surface area contributed by atoms with Crippen LogP contribution in [0.1, 0.15) is 43.2 Å². The Bertz CT molecular complexity index is 501. The van der Waals surface area contributed by atoms with Crippen molar-refractivity contribution in [1.29, 1.82) is 0 Å². The van der Waals surface area contributed by atoms with Gasteiger partial charge < -0.3 is 0 Å². The zero-order valence-corrected chi connectivity index (χ0v) is 15.7. The third-order valence-corrected chi connectivity index (χ3v) is 4.40. The van der Waals surface area contributed by atoms with E-state index in [4.69, 9.17) is 0 Å². The fourth-order valence-corrected chi connectivity index (χ4v) is 3.24. The van der Waals surface area contributed by atoms with E-state index in [0.29, 0.717) is 6.04 Å². The van der Waals surface area contributed by atoms with Gasteiger partial charge in [-0.15, -0.1) is 24.8 Å². The molecule has 1 aliphatic rings. The van der Waals surface area contributed by atoms with Crippen LogP contribution < -0.4 is 5.43 Å². The minimum atomic E-state index is 0. The molecule has 2 aromatic rings. The van der Waals surface area contributed by atoms with E-state index in [0.717, 1.165) is 13.1 Å². The Hall–Kier alpha value is -1.06. The summed E-state index contributed by atoms with van der Waals surface area (Å²) in [6, 6.07) is 22.1. The summed E-state index contributed by atoms with van der Waals surface area (Å²) in [5.41, 5.74) is 6.51. The lowest BCUT2D eigenvalue weighted by atomic mass is 9.96. The van der Waals surface area contributed by atoms with Crippen LogP contribution in [-0.4, -0.2) is 11.1 Å². The zero-order chi connectivity index (χ0) is 15.0. The van der Waals surface area contributed by atoms with Gasteiger partial charge >= 0.3 is 0 Å². The molecule has 0 bridgehead atoms. The Morgan fingerprint density at radius 2 is 1.17 bits per heavy atom. The van der Waals surface area contributed by atoms with Crippen LogP contribution in [0.3, 0.4) is 0 Å². The highest BCUT2D eigenvalue weighted by Crippen LogP contribution is 2.19. The number of hydrogen-bond donors (Lipinski definition) is 1. The van der Waals surface area contributed by atoms with Gasteiger partial charge in [-0.3, -0.25) is 5.43 Å². The molecule has 0 radical (unpaired) electrons. The molecule has 0 spiro atoms. The van der Waals surface area contributed by atoms with Gasteiger partial charge in [0.2, 0.25) is 0 Å². The van der Waals surface area contributed by atoms with E-state index in [1.165, 1.54) is 43.2 Å². The molecule has 0 aromatic heterocycles. The highest BCUT2D eigenvalue weighted by atomic mass is 35.5. The lowest BCUT2D eigenvalue weighted by molar-refractivity contribution is 0.122. The lowest BCUT2D eigenvalue weighted by Crippen LogP contribution is -2.44. The average Bonchev–Trinajstić information content (AvgIpc) is 2.57. The van der Waals surface area contributed by atoms with Crippen molar-refractivity contribution in [3.05, 3.63) is 71.8 Å². The van der Waals surface area contributed by atoms with Crippen LogP contribution in [0.5, 0.6) is 0 Å². The number of rotatable bonds is 6. The Balaban J connectivity index is 0.00000144. The SMILES string of the molecule is Cl.Cl.c1ccc(CN(Cc2ccccc2)NC2CCCCC2)cc1. The van der Waals surface area contributed by atoms with Gasteiger partial charge in [0.25, 0.3) is 0 Å². The smallest absolute Gasteiger partial charge is 0.0385 e. The third kappa shape index (κ3) is 6.82. The molecule has 132 valence electrons. The lowest BCUT2D eigenvalue weighted by Gasteiger charge is -2.31. The Kier molecular flexibility index (Phi) is 10.0. The Morgan fingerprint density at radius 1 is 0.708 bits per heavy atom. The highest BCUT2D eigenvalue weighted by molar-refractivity contribution is 5.85. The molecule has 1 N–H and O–H groups in total. The van der Waals surface area contributed by atoms with Crippen molar-refractivity contribution in [3.8, 4) is 0 Å². The van der Waals surface area contributed by atoms with E-state index in [-0.39, 0.29) is 24.8 Å². The van der Waals surface area contributed by atoms with Crippen molar-refractivity contribution in [3.63, 3.8) is 0 Å². The zero-order valence-electron chi connectivity index (χ0n) is 14.1. The molecule has 1 aliphatic carbocycles. The van der Waals surface area contributed by atoms with Gasteiger partial charge in [-0.2, -0.15) is 0 Å². The van der Waals surface area contributed by atoms with Gasteiger partial charge in [-0.25, -0.2) is 5.01 Å². The fourth-order valence-electron chi connectivity index (χ4n) is 3.24. The second kappa shape index (κ2) is 11.5. The van der Waals surface area contributed by atoms with E-state index in [1.54, 1.807) is 0 Å². The monoisotopic (exact) mass is 366 g/mol. The van der Waals surface area contributed by atoms with Crippen LogP contribution in [0.4, 0.5) is 0 Å². The van der Waals surface area contributed by atoms with Crippen LogP contribution in [0.15, 0.2) is 60.7 Å². The highest BCUT2D eigenvalue weighted by Gasteiger charge is 2.16. The Morgan fingerprint density at radius 3 is 1.62 bits per heavy atom. The largest absolute Gasteiger partial charge is 0.251 e. The van der Waals surface area contributed by atoms with E-state index in [2.05, 4.69) is 71.1 Å². The molecule has 4 heteroatoms. The first kappa shape index (κ1) is 21.0. The third-order valence-electron chi connectivity index (χ3n) is 4.40. The van der Waals surface area contributed by atoms with Crippen molar-refractivity contribution in [2.24, 2.45) is 0 Å². The minimum Gasteiger partial charge on any atom is -0.251 e. The van der Waals surface area contributed by atoms with Gasteiger partial charge in [0.1, 0.15) is 0 Å². The molecule has 0 saturated heterocycles. The summed E-state index contributed by atoms with van der Waals surface area (Å²) in [4.78, 5) is 0. The molecule has 0 aliphatic heterocycles. The normalized spacial score (nSPS) is 14.7. The predicted octanol–water partition coefficient (Wildman–Crippen LogP) is 5.37. The van der Waals surface area contributed by atoms with Crippen molar-refractivity contribution in [1.82, 2.24) is 10.4 Å². The first-order valence-corrected chi connectivity index (χ1v) is 8.49. The maximum atomic E-state index is 3.79. The number of nitrogens with zero attached hydrogens (tertiary/aromatic N) is 1. The van der Waals surface area contributed by atoms with Crippen molar-refractivity contribution in [2.45, 2.75) is 51.2 Å². The summed E-state index contributed by atoms with van der Waals surface area (Å²) in [5.74, 6) is 0. The molecule has 2 nitrogen and oxygen atoms in total. The molecular formula is C20H28Cl2N2. The summed E-state index contributed by atoms with van der Waals surface area (Å²) >= 11 is 0. The average molecular weight is 367 g/mol. The summed E-state index contributed by atoms with van der Waals surface area (Å²) in [7, 11) is 0. The van der Waals surface area contributed by atoms with E-state index >= 15 is 0 Å². The maximum absolute atomic E-state index is 3.79. The summed E-state index contributed by atoms with van der Waals surface area (Å²) in [5, 5.41) is 2.39. The molecule has 0 atom stereocenters. The molecular weight excluding hydrogens is 339 g/mol. The number of hydrogen-bond acceptors (Lipinski definition) is 2. The van der Waals surface area contributed by atoms with Crippen LogP contribution in [0, 0.1) is 0 Å². The molecule has 24 heavy (non-hydrogen) atoms. The van der Waals surface area contributed by atoms with Gasteiger partial charge in [-0.1, -0.05) is 79.9 Å². The first-order chi connectivity index (χ1) is 10.9. The number of hydrazine groups is 1.